The molecule has 2 fully saturated rings. The first-order valence-corrected chi connectivity index (χ1v) is 10.7. The normalized spacial score (nSPS) is 27.3. The first-order valence-electron chi connectivity index (χ1n) is 10.7. The Kier molecular flexibility index (Phi) is 4.60. The highest BCUT2D eigenvalue weighted by molar-refractivity contribution is 5.82. The zero-order valence-electron chi connectivity index (χ0n) is 18.7. The van der Waals surface area contributed by atoms with E-state index in [9.17, 15) is 14.7 Å². The number of aryl methyl sites for hydroxylation is 3. The fraction of sp³-hybridized carbons (Fsp3) is 0.542. The van der Waals surface area contributed by atoms with E-state index >= 15 is 0 Å². The molecule has 0 unspecified atom stereocenters. The second-order valence-electron chi connectivity index (χ2n) is 9.98. The molecule has 30 heavy (non-hydrogen) atoms. The summed E-state index contributed by atoms with van der Waals surface area (Å²) in [6, 6.07) is 4.00. The molecule has 3 atom stereocenters. The number of aromatic hydroxyl groups is 1. The highest BCUT2D eigenvalue weighted by Crippen LogP contribution is 2.66. The van der Waals surface area contributed by atoms with Crippen molar-refractivity contribution in [2.45, 2.75) is 66.8 Å². The molecule has 6 heteroatoms. The van der Waals surface area contributed by atoms with Crippen LogP contribution in [0.4, 0.5) is 0 Å². The Labute approximate surface area is 176 Å². The molecule has 2 bridgehead atoms. The zero-order chi connectivity index (χ0) is 22.0. The van der Waals surface area contributed by atoms with Crippen molar-refractivity contribution in [2.24, 2.45) is 21.7 Å². The maximum atomic E-state index is 12.6. The van der Waals surface area contributed by atoms with E-state index in [1.165, 1.54) is 17.2 Å². The molecule has 6 nitrogen and oxygen atoms in total. The van der Waals surface area contributed by atoms with Crippen molar-refractivity contribution in [1.82, 2.24) is 9.55 Å². The van der Waals surface area contributed by atoms with Crippen molar-refractivity contribution in [3.05, 3.63) is 55.2 Å². The second-order valence-corrected chi connectivity index (χ2v) is 9.98. The van der Waals surface area contributed by atoms with Gasteiger partial charge in [-0.2, -0.15) is 0 Å². The lowest BCUT2D eigenvalue weighted by Gasteiger charge is -2.37. The van der Waals surface area contributed by atoms with Crippen LogP contribution in [-0.4, -0.2) is 26.9 Å². The Balaban J connectivity index is 1.80. The van der Waals surface area contributed by atoms with E-state index in [0.717, 1.165) is 29.5 Å². The van der Waals surface area contributed by atoms with Gasteiger partial charge in [0.05, 0.1) is 11.7 Å². The Hall–Kier alpha value is -2.63. The fourth-order valence-corrected chi connectivity index (χ4v) is 5.94. The lowest BCUT2D eigenvalue weighted by atomic mass is 9.69. The monoisotopic (exact) mass is 409 g/mol. The van der Waals surface area contributed by atoms with Gasteiger partial charge in [-0.3, -0.25) is 14.8 Å². The van der Waals surface area contributed by atoms with Crippen molar-refractivity contribution in [1.29, 1.82) is 0 Å². The summed E-state index contributed by atoms with van der Waals surface area (Å²) >= 11 is 0. The van der Waals surface area contributed by atoms with Crippen molar-refractivity contribution in [2.75, 3.05) is 0 Å². The molecule has 1 heterocycles. The number of aromatic amines is 1. The van der Waals surface area contributed by atoms with Gasteiger partial charge < -0.3 is 5.11 Å². The van der Waals surface area contributed by atoms with E-state index in [0.29, 0.717) is 11.6 Å². The zero-order valence-corrected chi connectivity index (χ0v) is 18.7. The standard InChI is InChI=1S/C24H31N3O3/c1-13-9-14(2)19(15(3)10-13)27-21(29)17(20(28)26-22(27)30)12-25-18-11-16-7-8-24(18,6)23(16,4)5/h9-10,12,16,18,29H,7-8,11H2,1-6H3,(H,26,28,30)/t16-,18+,24+/m0/s1. The summed E-state index contributed by atoms with van der Waals surface area (Å²) in [6.07, 6.45) is 4.80. The molecule has 1 aromatic heterocycles. The molecule has 0 spiro atoms. The van der Waals surface area contributed by atoms with Gasteiger partial charge >= 0.3 is 5.69 Å². The number of fused-ring (bicyclic) bond motifs is 2. The third kappa shape index (κ3) is 2.80. The minimum absolute atomic E-state index is 0.0261. The smallest absolute Gasteiger partial charge is 0.335 e. The first kappa shape index (κ1) is 20.6. The first-order chi connectivity index (χ1) is 14.0. The number of H-pyrrole nitrogens is 1. The summed E-state index contributed by atoms with van der Waals surface area (Å²) in [5.74, 6) is 0.262. The van der Waals surface area contributed by atoms with Gasteiger partial charge in [0.15, 0.2) is 0 Å². The molecule has 0 saturated heterocycles. The van der Waals surface area contributed by atoms with E-state index < -0.39 is 11.2 Å². The Morgan fingerprint density at radius 2 is 1.80 bits per heavy atom. The maximum absolute atomic E-state index is 12.6. The SMILES string of the molecule is Cc1cc(C)c(-n2c(O)c(C=N[C@@H]3C[C@@H]4CC[C@@]3(C)C4(C)C)c(=O)[nH]c2=O)c(C)c1. The summed E-state index contributed by atoms with van der Waals surface area (Å²) in [6.45, 7) is 12.7. The van der Waals surface area contributed by atoms with Gasteiger partial charge in [-0.05, 0) is 67.9 Å². The summed E-state index contributed by atoms with van der Waals surface area (Å²) in [4.78, 5) is 32.2. The van der Waals surface area contributed by atoms with Crippen LogP contribution in [0.25, 0.3) is 5.69 Å². The molecular weight excluding hydrogens is 378 g/mol. The summed E-state index contributed by atoms with van der Waals surface area (Å²) < 4.78 is 1.18. The van der Waals surface area contributed by atoms with Crippen LogP contribution in [0.1, 0.15) is 62.3 Å². The largest absolute Gasteiger partial charge is 0.493 e. The van der Waals surface area contributed by atoms with E-state index in [-0.39, 0.29) is 28.3 Å². The van der Waals surface area contributed by atoms with Crippen LogP contribution < -0.4 is 11.2 Å². The quantitative estimate of drug-likeness (QED) is 0.756. The van der Waals surface area contributed by atoms with Crippen molar-refractivity contribution < 1.29 is 5.11 Å². The van der Waals surface area contributed by atoms with E-state index in [4.69, 9.17) is 4.99 Å². The molecule has 2 N–H and O–H groups in total. The third-order valence-electron chi connectivity index (χ3n) is 8.11. The van der Waals surface area contributed by atoms with Gasteiger partial charge in [0, 0.05) is 6.21 Å². The van der Waals surface area contributed by atoms with E-state index in [1.807, 2.05) is 32.9 Å². The summed E-state index contributed by atoms with van der Waals surface area (Å²) in [5, 5.41) is 10.9. The number of hydrogen-bond donors (Lipinski definition) is 2. The number of benzene rings is 1. The predicted octanol–water partition coefficient (Wildman–Crippen LogP) is 3.79. The van der Waals surface area contributed by atoms with Crippen molar-refractivity contribution in [3.8, 4) is 11.6 Å². The molecule has 4 rings (SSSR count). The Morgan fingerprint density at radius 3 is 2.33 bits per heavy atom. The number of nitrogens with one attached hydrogen (secondary N) is 1. The summed E-state index contributed by atoms with van der Waals surface area (Å²) in [5.41, 5.74) is 2.39. The molecule has 1 aromatic carbocycles. The molecule has 2 saturated carbocycles. The number of aromatic nitrogens is 2. The van der Waals surface area contributed by atoms with E-state index in [2.05, 4.69) is 25.8 Å². The number of aliphatic imine (C=N–C) groups is 1. The number of rotatable bonds is 3. The summed E-state index contributed by atoms with van der Waals surface area (Å²) in [7, 11) is 0. The van der Waals surface area contributed by atoms with Gasteiger partial charge in [-0.15, -0.1) is 0 Å². The minimum atomic E-state index is -0.655. The fourth-order valence-electron chi connectivity index (χ4n) is 5.94. The van der Waals surface area contributed by atoms with E-state index in [1.54, 1.807) is 0 Å². The van der Waals surface area contributed by atoms with Gasteiger partial charge in [-0.1, -0.05) is 38.5 Å². The van der Waals surface area contributed by atoms with Gasteiger partial charge in [0.25, 0.3) is 5.56 Å². The highest BCUT2D eigenvalue weighted by Gasteiger charge is 2.61. The predicted molar refractivity (Wildman–Crippen MR) is 119 cm³/mol. The van der Waals surface area contributed by atoms with Crippen LogP contribution in [0.5, 0.6) is 5.88 Å². The Bertz CT molecular complexity index is 1150. The van der Waals surface area contributed by atoms with Gasteiger partial charge in [0.1, 0.15) is 5.56 Å². The van der Waals surface area contributed by atoms with Crippen molar-refractivity contribution >= 4 is 6.21 Å². The third-order valence-corrected chi connectivity index (χ3v) is 8.11. The molecule has 0 radical (unpaired) electrons. The lowest BCUT2D eigenvalue weighted by Crippen LogP contribution is -2.35. The minimum Gasteiger partial charge on any atom is -0.493 e. The number of nitrogens with zero attached hydrogens (tertiary/aromatic N) is 2. The molecular formula is C24H31N3O3. The van der Waals surface area contributed by atoms with Gasteiger partial charge in [-0.25, -0.2) is 9.36 Å². The van der Waals surface area contributed by atoms with Crippen LogP contribution in [-0.2, 0) is 0 Å². The van der Waals surface area contributed by atoms with Crippen molar-refractivity contribution in [3.63, 3.8) is 0 Å². The molecule has 0 aliphatic heterocycles. The molecule has 2 aliphatic carbocycles. The highest BCUT2D eigenvalue weighted by atomic mass is 16.3. The molecule has 160 valence electrons. The van der Waals surface area contributed by atoms with Crippen LogP contribution in [0.15, 0.2) is 26.7 Å². The molecule has 2 aliphatic rings. The topological polar surface area (TPSA) is 87.4 Å². The Morgan fingerprint density at radius 1 is 1.17 bits per heavy atom. The number of hydrogen-bond acceptors (Lipinski definition) is 4. The second kappa shape index (κ2) is 6.69. The van der Waals surface area contributed by atoms with Crippen LogP contribution in [0, 0.1) is 37.5 Å². The lowest BCUT2D eigenvalue weighted by molar-refractivity contribution is 0.137. The van der Waals surface area contributed by atoms with Crippen LogP contribution in [0.2, 0.25) is 0 Å². The van der Waals surface area contributed by atoms with Crippen LogP contribution >= 0.6 is 0 Å². The average Bonchev–Trinajstić information content (AvgIpc) is 2.96. The maximum Gasteiger partial charge on any atom is 0.335 e. The molecule has 2 aromatic rings. The van der Waals surface area contributed by atoms with Gasteiger partial charge in [0.2, 0.25) is 5.88 Å². The van der Waals surface area contributed by atoms with Crippen LogP contribution in [0.3, 0.4) is 0 Å². The average molecular weight is 410 g/mol. The molecule has 0 amide bonds.